The number of unbranched alkanes of at least 4 members (excludes halogenated alkanes) is 4. The van der Waals surface area contributed by atoms with E-state index in [4.69, 9.17) is 4.74 Å². The van der Waals surface area contributed by atoms with Crippen molar-refractivity contribution in [3.8, 4) is 0 Å². The second-order valence-electron chi connectivity index (χ2n) is 5.01. The van der Waals surface area contributed by atoms with Gasteiger partial charge >= 0.3 is 5.97 Å². The molecule has 0 aliphatic heterocycles. The molecule has 0 spiro atoms. The first-order valence-electron chi connectivity index (χ1n) is 7.73. The van der Waals surface area contributed by atoms with Crippen molar-refractivity contribution in [1.82, 2.24) is 5.32 Å². The summed E-state index contributed by atoms with van der Waals surface area (Å²) in [7, 11) is 0. The average Bonchev–Trinajstić information content (AvgIpc) is 2.52. The van der Waals surface area contributed by atoms with E-state index < -0.39 is 0 Å². The van der Waals surface area contributed by atoms with Crippen LogP contribution in [-0.4, -0.2) is 25.0 Å². The molecule has 116 valence electrons. The number of ether oxygens (including phenoxy) is 1. The third-order valence-corrected chi connectivity index (χ3v) is 3.17. The molecule has 4 nitrogen and oxygen atoms in total. The van der Waals surface area contributed by atoms with E-state index in [9.17, 15) is 9.59 Å². The van der Waals surface area contributed by atoms with Gasteiger partial charge in [-0.15, -0.1) is 0 Å². The minimum absolute atomic E-state index is 0.147. The van der Waals surface area contributed by atoms with Crippen LogP contribution in [0.2, 0.25) is 0 Å². The van der Waals surface area contributed by atoms with Crippen LogP contribution in [0.5, 0.6) is 0 Å². The first-order valence-corrected chi connectivity index (χ1v) is 7.73. The highest BCUT2D eigenvalue weighted by Gasteiger charge is 2.05. The van der Waals surface area contributed by atoms with Gasteiger partial charge in [-0.2, -0.15) is 0 Å². The molecule has 4 heteroatoms. The summed E-state index contributed by atoms with van der Waals surface area (Å²) in [6, 6.07) is 8.98. The lowest BCUT2D eigenvalue weighted by Crippen LogP contribution is -2.27. The van der Waals surface area contributed by atoms with Crippen LogP contribution in [0.1, 0.15) is 55.8 Å². The van der Waals surface area contributed by atoms with E-state index in [-0.39, 0.29) is 18.5 Å². The summed E-state index contributed by atoms with van der Waals surface area (Å²) in [5.41, 5.74) is 0.611. The van der Waals surface area contributed by atoms with Crippen LogP contribution >= 0.6 is 0 Å². The number of benzene rings is 1. The van der Waals surface area contributed by atoms with E-state index >= 15 is 0 Å². The van der Waals surface area contributed by atoms with Crippen LogP contribution in [0.25, 0.3) is 0 Å². The van der Waals surface area contributed by atoms with Gasteiger partial charge in [0.1, 0.15) is 6.61 Å². The van der Waals surface area contributed by atoms with Gasteiger partial charge in [0.2, 0.25) is 0 Å². The summed E-state index contributed by atoms with van der Waals surface area (Å²) in [5.74, 6) is -0.327. The fourth-order valence-corrected chi connectivity index (χ4v) is 1.97. The Kier molecular flexibility index (Phi) is 8.93. The third kappa shape index (κ3) is 8.12. The van der Waals surface area contributed by atoms with Gasteiger partial charge in [-0.3, -0.25) is 9.59 Å². The van der Waals surface area contributed by atoms with Crippen LogP contribution in [-0.2, 0) is 9.53 Å². The van der Waals surface area contributed by atoms with Gasteiger partial charge in [0, 0.05) is 12.0 Å². The number of carbonyl (C=O) groups excluding carboxylic acids is 2. The van der Waals surface area contributed by atoms with E-state index in [2.05, 4.69) is 12.2 Å². The molecule has 0 aromatic heterocycles. The molecule has 0 saturated heterocycles. The molecule has 0 unspecified atom stereocenters. The SMILES string of the molecule is CCCCCCCC(=O)OCCNC(=O)c1ccccc1. The number of amides is 1. The standard InChI is InChI=1S/C17H25NO3/c1-2-3-4-5-9-12-16(19)21-14-13-18-17(20)15-10-7-6-8-11-15/h6-8,10-11H,2-5,9,12-14H2,1H3,(H,18,20). The second kappa shape index (κ2) is 10.9. The summed E-state index contributed by atoms with van der Waals surface area (Å²) >= 11 is 0. The fraction of sp³-hybridized carbons (Fsp3) is 0.529. The highest BCUT2D eigenvalue weighted by molar-refractivity contribution is 5.94. The molecule has 0 atom stereocenters. The van der Waals surface area contributed by atoms with Gasteiger partial charge in [0.05, 0.1) is 6.54 Å². The number of rotatable bonds is 10. The van der Waals surface area contributed by atoms with E-state index in [1.54, 1.807) is 12.1 Å². The van der Waals surface area contributed by atoms with E-state index in [0.29, 0.717) is 18.5 Å². The highest BCUT2D eigenvalue weighted by atomic mass is 16.5. The van der Waals surface area contributed by atoms with E-state index in [1.807, 2.05) is 18.2 Å². The zero-order valence-electron chi connectivity index (χ0n) is 12.8. The monoisotopic (exact) mass is 291 g/mol. The summed E-state index contributed by atoms with van der Waals surface area (Å²) in [6.45, 7) is 2.74. The van der Waals surface area contributed by atoms with Gasteiger partial charge in [-0.1, -0.05) is 50.8 Å². The Morgan fingerprint density at radius 2 is 1.76 bits per heavy atom. The maximum absolute atomic E-state index is 11.7. The molecule has 1 aromatic rings. The first-order chi connectivity index (χ1) is 10.2. The Morgan fingerprint density at radius 3 is 2.48 bits per heavy atom. The Hall–Kier alpha value is -1.84. The fourth-order valence-electron chi connectivity index (χ4n) is 1.97. The number of esters is 1. The summed E-state index contributed by atoms with van der Waals surface area (Å²) in [6.07, 6.45) is 6.03. The van der Waals surface area contributed by atoms with Crippen molar-refractivity contribution in [2.75, 3.05) is 13.2 Å². The summed E-state index contributed by atoms with van der Waals surface area (Å²) in [5, 5.41) is 2.72. The van der Waals surface area contributed by atoms with Crippen molar-refractivity contribution < 1.29 is 14.3 Å². The highest BCUT2D eigenvalue weighted by Crippen LogP contribution is 2.05. The van der Waals surface area contributed by atoms with Gasteiger partial charge in [0.15, 0.2) is 0 Å². The van der Waals surface area contributed by atoms with Gasteiger partial charge in [0.25, 0.3) is 5.91 Å². The number of nitrogens with one attached hydrogen (secondary N) is 1. The van der Waals surface area contributed by atoms with Crippen LogP contribution in [0.15, 0.2) is 30.3 Å². The zero-order chi connectivity index (χ0) is 15.3. The van der Waals surface area contributed by atoms with Crippen molar-refractivity contribution in [3.63, 3.8) is 0 Å². The molecule has 1 aromatic carbocycles. The largest absolute Gasteiger partial charge is 0.464 e. The van der Waals surface area contributed by atoms with Crippen molar-refractivity contribution in [2.45, 2.75) is 45.4 Å². The molecule has 1 N–H and O–H groups in total. The van der Waals surface area contributed by atoms with Gasteiger partial charge < -0.3 is 10.1 Å². The Morgan fingerprint density at radius 1 is 1.05 bits per heavy atom. The van der Waals surface area contributed by atoms with E-state index in [1.165, 1.54) is 19.3 Å². The lowest BCUT2D eigenvalue weighted by atomic mass is 10.1. The molecule has 0 bridgehead atoms. The zero-order valence-corrected chi connectivity index (χ0v) is 12.8. The molecule has 1 rings (SSSR count). The summed E-state index contributed by atoms with van der Waals surface area (Å²) in [4.78, 5) is 23.2. The predicted octanol–water partition coefficient (Wildman–Crippen LogP) is 3.32. The second-order valence-corrected chi connectivity index (χ2v) is 5.01. The third-order valence-electron chi connectivity index (χ3n) is 3.17. The molecular formula is C17H25NO3. The Bertz CT molecular complexity index is 417. The molecule has 1 amide bonds. The van der Waals surface area contributed by atoms with Crippen LogP contribution in [0.3, 0.4) is 0 Å². The maximum Gasteiger partial charge on any atom is 0.305 e. The van der Waals surface area contributed by atoms with Gasteiger partial charge in [-0.25, -0.2) is 0 Å². The normalized spacial score (nSPS) is 10.1. The molecule has 0 fully saturated rings. The minimum Gasteiger partial charge on any atom is -0.464 e. The predicted molar refractivity (Wildman–Crippen MR) is 83.1 cm³/mol. The quantitative estimate of drug-likeness (QED) is 0.531. The maximum atomic E-state index is 11.7. The molecule has 0 saturated carbocycles. The summed E-state index contributed by atoms with van der Waals surface area (Å²) < 4.78 is 5.08. The average molecular weight is 291 g/mol. The number of carbonyl (C=O) groups is 2. The Labute approximate surface area is 126 Å². The van der Waals surface area contributed by atoms with Crippen molar-refractivity contribution >= 4 is 11.9 Å². The molecule has 0 aliphatic rings. The van der Waals surface area contributed by atoms with Gasteiger partial charge in [-0.05, 0) is 18.6 Å². The van der Waals surface area contributed by atoms with Crippen LogP contribution in [0, 0.1) is 0 Å². The molecule has 0 aliphatic carbocycles. The molecule has 21 heavy (non-hydrogen) atoms. The van der Waals surface area contributed by atoms with Crippen molar-refractivity contribution in [3.05, 3.63) is 35.9 Å². The number of hydrogen-bond acceptors (Lipinski definition) is 3. The lowest BCUT2D eigenvalue weighted by Gasteiger charge is -2.07. The number of hydrogen-bond donors (Lipinski definition) is 1. The van der Waals surface area contributed by atoms with Crippen LogP contribution in [0.4, 0.5) is 0 Å². The Balaban J connectivity index is 2.03. The minimum atomic E-state index is -0.180. The molecular weight excluding hydrogens is 266 g/mol. The first kappa shape index (κ1) is 17.2. The lowest BCUT2D eigenvalue weighted by molar-refractivity contribution is -0.143. The molecule has 0 radical (unpaired) electrons. The van der Waals surface area contributed by atoms with E-state index in [0.717, 1.165) is 12.8 Å². The molecule has 0 heterocycles. The topological polar surface area (TPSA) is 55.4 Å². The van der Waals surface area contributed by atoms with Crippen molar-refractivity contribution in [2.24, 2.45) is 0 Å². The smallest absolute Gasteiger partial charge is 0.305 e. The van der Waals surface area contributed by atoms with Crippen LogP contribution < -0.4 is 5.32 Å². The van der Waals surface area contributed by atoms with Crippen molar-refractivity contribution in [1.29, 1.82) is 0 Å².